The highest BCUT2D eigenvalue weighted by atomic mass is 15.0. The summed E-state index contributed by atoms with van der Waals surface area (Å²) in [4.78, 5) is 4.03. The van der Waals surface area contributed by atoms with E-state index in [0.29, 0.717) is 5.92 Å². The second-order valence-corrected chi connectivity index (χ2v) is 4.45. The monoisotopic (exact) mass is 214 g/mol. The smallest absolute Gasteiger partial charge is 0.0946 e. The van der Waals surface area contributed by atoms with E-state index in [-0.39, 0.29) is 0 Å². The summed E-state index contributed by atoms with van der Waals surface area (Å²) in [5.74, 6) is 0.614. The van der Waals surface area contributed by atoms with Crippen LogP contribution in [0.5, 0.6) is 0 Å². The zero-order chi connectivity index (χ0) is 11.4. The Morgan fingerprint density at radius 2 is 1.94 bits per heavy atom. The minimum absolute atomic E-state index is 0.614. The fraction of sp³-hybridized carbons (Fsp3) is 0.357. The fourth-order valence-electron chi connectivity index (χ4n) is 1.75. The van der Waals surface area contributed by atoms with E-state index in [1.165, 1.54) is 11.1 Å². The summed E-state index contributed by atoms with van der Waals surface area (Å²) in [5.41, 5.74) is 2.80. The molecule has 0 atom stereocenters. The van der Waals surface area contributed by atoms with E-state index in [0.717, 1.165) is 13.0 Å². The molecule has 16 heavy (non-hydrogen) atoms. The van der Waals surface area contributed by atoms with E-state index in [1.54, 1.807) is 0 Å². The molecule has 0 saturated heterocycles. The quantitative estimate of drug-likeness (QED) is 0.764. The summed E-state index contributed by atoms with van der Waals surface area (Å²) in [6.07, 6.45) is 6.75. The van der Waals surface area contributed by atoms with Crippen LogP contribution in [0.25, 0.3) is 0 Å². The number of benzene rings is 1. The third kappa shape index (κ3) is 2.72. The number of nitrogens with zero attached hydrogens (tertiary/aromatic N) is 2. The van der Waals surface area contributed by atoms with Gasteiger partial charge in [0.25, 0.3) is 0 Å². The average molecular weight is 214 g/mol. The molecular formula is C14H18N2. The molecule has 0 saturated carbocycles. The topological polar surface area (TPSA) is 17.8 Å². The average Bonchev–Trinajstić information content (AvgIpc) is 2.80. The Balaban J connectivity index is 1.95. The molecule has 84 valence electrons. The van der Waals surface area contributed by atoms with Crippen LogP contribution in [0.3, 0.4) is 0 Å². The van der Waals surface area contributed by atoms with Crippen LogP contribution in [0.15, 0.2) is 43.0 Å². The first-order valence-corrected chi connectivity index (χ1v) is 5.80. The molecule has 0 radical (unpaired) electrons. The van der Waals surface area contributed by atoms with Gasteiger partial charge in [0, 0.05) is 18.9 Å². The largest absolute Gasteiger partial charge is 0.337 e. The van der Waals surface area contributed by atoms with Gasteiger partial charge in [-0.15, -0.1) is 0 Å². The molecule has 0 N–H and O–H groups in total. The lowest BCUT2D eigenvalue weighted by Crippen LogP contribution is -1.98. The molecule has 0 amide bonds. The zero-order valence-electron chi connectivity index (χ0n) is 9.93. The van der Waals surface area contributed by atoms with E-state index in [4.69, 9.17) is 0 Å². The van der Waals surface area contributed by atoms with E-state index >= 15 is 0 Å². The van der Waals surface area contributed by atoms with Crippen molar-refractivity contribution in [3.05, 3.63) is 54.1 Å². The molecule has 1 aromatic carbocycles. The summed E-state index contributed by atoms with van der Waals surface area (Å²) >= 11 is 0. The van der Waals surface area contributed by atoms with Gasteiger partial charge in [0.15, 0.2) is 0 Å². The van der Waals surface area contributed by atoms with Crippen LogP contribution < -0.4 is 0 Å². The van der Waals surface area contributed by atoms with Gasteiger partial charge in [-0.05, 0) is 23.5 Å². The lowest BCUT2D eigenvalue weighted by molar-refractivity contribution is 0.695. The first-order valence-electron chi connectivity index (χ1n) is 5.80. The maximum absolute atomic E-state index is 4.03. The Labute approximate surface area is 97.0 Å². The van der Waals surface area contributed by atoms with E-state index < -0.39 is 0 Å². The lowest BCUT2D eigenvalue weighted by atomic mass is 10.0. The van der Waals surface area contributed by atoms with Crippen LogP contribution in [0.1, 0.15) is 30.9 Å². The van der Waals surface area contributed by atoms with Gasteiger partial charge >= 0.3 is 0 Å². The van der Waals surface area contributed by atoms with Gasteiger partial charge in [0.2, 0.25) is 0 Å². The molecule has 0 aliphatic heterocycles. The Morgan fingerprint density at radius 3 is 2.50 bits per heavy atom. The number of aryl methyl sites for hydroxylation is 2. The SMILES string of the molecule is CC(C)c1ccc(CCn2ccnc2)cc1. The molecule has 2 rings (SSSR count). The molecule has 2 aromatic rings. The van der Waals surface area contributed by atoms with E-state index in [2.05, 4.69) is 47.7 Å². The van der Waals surface area contributed by atoms with Crippen molar-refractivity contribution < 1.29 is 0 Å². The molecule has 0 bridgehead atoms. The van der Waals surface area contributed by atoms with Crippen LogP contribution in [-0.2, 0) is 13.0 Å². The number of imidazole rings is 1. The summed E-state index contributed by atoms with van der Waals surface area (Å²) in [7, 11) is 0. The molecule has 0 fully saturated rings. The summed E-state index contributed by atoms with van der Waals surface area (Å²) in [5, 5.41) is 0. The van der Waals surface area contributed by atoms with Crippen molar-refractivity contribution in [3.8, 4) is 0 Å². The van der Waals surface area contributed by atoms with Crippen LogP contribution >= 0.6 is 0 Å². The highest BCUT2D eigenvalue weighted by Crippen LogP contribution is 2.15. The minimum Gasteiger partial charge on any atom is -0.337 e. The number of rotatable bonds is 4. The molecule has 0 aliphatic rings. The van der Waals surface area contributed by atoms with Crippen LogP contribution in [0.4, 0.5) is 0 Å². The van der Waals surface area contributed by atoms with Crippen molar-refractivity contribution in [2.75, 3.05) is 0 Å². The Morgan fingerprint density at radius 1 is 1.19 bits per heavy atom. The molecule has 1 aromatic heterocycles. The number of hydrogen-bond donors (Lipinski definition) is 0. The van der Waals surface area contributed by atoms with Crippen molar-refractivity contribution in [1.29, 1.82) is 0 Å². The molecule has 0 unspecified atom stereocenters. The lowest BCUT2D eigenvalue weighted by Gasteiger charge is -2.07. The van der Waals surface area contributed by atoms with Crippen molar-refractivity contribution >= 4 is 0 Å². The Hall–Kier alpha value is -1.57. The normalized spacial score (nSPS) is 10.9. The predicted molar refractivity (Wildman–Crippen MR) is 66.5 cm³/mol. The number of aromatic nitrogens is 2. The maximum Gasteiger partial charge on any atom is 0.0946 e. The van der Waals surface area contributed by atoms with Crippen LogP contribution in [0, 0.1) is 0 Å². The fourth-order valence-corrected chi connectivity index (χ4v) is 1.75. The highest BCUT2D eigenvalue weighted by molar-refractivity contribution is 5.24. The molecule has 2 nitrogen and oxygen atoms in total. The molecule has 0 aliphatic carbocycles. The van der Waals surface area contributed by atoms with E-state index in [9.17, 15) is 0 Å². The van der Waals surface area contributed by atoms with Gasteiger partial charge < -0.3 is 4.57 Å². The highest BCUT2D eigenvalue weighted by Gasteiger charge is 1.99. The summed E-state index contributed by atoms with van der Waals surface area (Å²) in [6.45, 7) is 5.45. The van der Waals surface area contributed by atoms with E-state index in [1.807, 2.05) is 18.7 Å². The molecule has 1 heterocycles. The minimum atomic E-state index is 0.614. The van der Waals surface area contributed by atoms with Gasteiger partial charge in [-0.25, -0.2) is 4.98 Å². The van der Waals surface area contributed by atoms with Gasteiger partial charge in [-0.2, -0.15) is 0 Å². The first-order chi connectivity index (χ1) is 7.75. The molecule has 2 heteroatoms. The Bertz CT molecular complexity index is 413. The van der Waals surface area contributed by atoms with Gasteiger partial charge in [-0.1, -0.05) is 38.1 Å². The third-order valence-electron chi connectivity index (χ3n) is 2.86. The maximum atomic E-state index is 4.03. The van der Waals surface area contributed by atoms with Gasteiger partial charge in [-0.3, -0.25) is 0 Å². The standard InChI is InChI=1S/C14H18N2/c1-12(2)14-5-3-13(4-6-14)7-9-16-10-8-15-11-16/h3-6,8,10-12H,7,9H2,1-2H3. The second-order valence-electron chi connectivity index (χ2n) is 4.45. The zero-order valence-corrected chi connectivity index (χ0v) is 9.93. The van der Waals surface area contributed by atoms with Crippen molar-refractivity contribution in [2.24, 2.45) is 0 Å². The first kappa shape index (κ1) is 10.9. The summed E-state index contributed by atoms with van der Waals surface area (Å²) < 4.78 is 2.11. The number of hydrogen-bond acceptors (Lipinski definition) is 1. The van der Waals surface area contributed by atoms with Gasteiger partial charge in [0.05, 0.1) is 6.33 Å². The molecule has 0 spiro atoms. The van der Waals surface area contributed by atoms with Crippen molar-refractivity contribution in [3.63, 3.8) is 0 Å². The predicted octanol–water partition coefficient (Wildman–Crippen LogP) is 3.25. The molecular weight excluding hydrogens is 196 g/mol. The van der Waals surface area contributed by atoms with Crippen molar-refractivity contribution in [1.82, 2.24) is 9.55 Å². The van der Waals surface area contributed by atoms with Crippen molar-refractivity contribution in [2.45, 2.75) is 32.7 Å². The third-order valence-corrected chi connectivity index (χ3v) is 2.86. The van der Waals surface area contributed by atoms with Gasteiger partial charge in [0.1, 0.15) is 0 Å². The van der Waals surface area contributed by atoms with Crippen LogP contribution in [-0.4, -0.2) is 9.55 Å². The van der Waals surface area contributed by atoms with Crippen LogP contribution in [0.2, 0.25) is 0 Å². The second kappa shape index (κ2) is 4.97. The summed E-state index contributed by atoms with van der Waals surface area (Å²) in [6, 6.07) is 8.92. The Kier molecular flexibility index (Phi) is 3.40.